The topological polar surface area (TPSA) is 90.0 Å². The van der Waals surface area contributed by atoms with Gasteiger partial charge in [-0.15, -0.1) is 0 Å². The van der Waals surface area contributed by atoms with E-state index in [1.54, 1.807) is 24.1 Å². The first-order valence-electron chi connectivity index (χ1n) is 11.4. The van der Waals surface area contributed by atoms with Crippen LogP contribution in [-0.4, -0.2) is 60.1 Å². The molecule has 0 radical (unpaired) electrons. The van der Waals surface area contributed by atoms with Crippen LogP contribution in [0.25, 0.3) is 5.70 Å². The molecule has 2 unspecified atom stereocenters. The van der Waals surface area contributed by atoms with Gasteiger partial charge in [0.2, 0.25) is 11.8 Å². The number of imide groups is 1. The van der Waals surface area contributed by atoms with E-state index < -0.39 is 11.9 Å². The van der Waals surface area contributed by atoms with Gasteiger partial charge in [-0.05, 0) is 37.1 Å². The van der Waals surface area contributed by atoms with Crippen LogP contribution in [0, 0.1) is 0 Å². The van der Waals surface area contributed by atoms with E-state index in [9.17, 15) is 19.2 Å². The minimum atomic E-state index is -0.750. The number of amides is 4. The van der Waals surface area contributed by atoms with Crippen molar-refractivity contribution in [1.82, 2.24) is 15.1 Å². The van der Waals surface area contributed by atoms with Gasteiger partial charge >= 0.3 is 0 Å². The number of benzene rings is 2. The van der Waals surface area contributed by atoms with Crippen molar-refractivity contribution >= 4 is 35.0 Å². The largest absolute Gasteiger partial charge is 0.370 e. The van der Waals surface area contributed by atoms with Crippen molar-refractivity contribution in [2.24, 2.45) is 0 Å². The number of anilines is 1. The molecule has 1 N–H and O–H groups in total. The minimum absolute atomic E-state index is 0.139. The van der Waals surface area contributed by atoms with Crippen molar-refractivity contribution in [2.75, 3.05) is 25.5 Å². The molecular formula is C26H26N4O4. The van der Waals surface area contributed by atoms with E-state index in [0.29, 0.717) is 34.6 Å². The Morgan fingerprint density at radius 1 is 1.12 bits per heavy atom. The van der Waals surface area contributed by atoms with Crippen molar-refractivity contribution in [3.8, 4) is 0 Å². The van der Waals surface area contributed by atoms with E-state index in [1.165, 1.54) is 4.90 Å². The van der Waals surface area contributed by atoms with E-state index >= 15 is 0 Å². The summed E-state index contributed by atoms with van der Waals surface area (Å²) in [6.45, 7) is 2.47. The lowest BCUT2D eigenvalue weighted by atomic mass is 9.95. The quantitative estimate of drug-likeness (QED) is 0.712. The molecule has 0 spiro atoms. The Labute approximate surface area is 197 Å². The van der Waals surface area contributed by atoms with Crippen molar-refractivity contribution < 1.29 is 19.2 Å². The third-order valence-corrected chi connectivity index (χ3v) is 7.02. The van der Waals surface area contributed by atoms with Crippen LogP contribution < -0.4 is 10.2 Å². The lowest BCUT2D eigenvalue weighted by Gasteiger charge is -2.34. The number of carbonyl (C=O) groups is 4. The molecule has 34 heavy (non-hydrogen) atoms. The van der Waals surface area contributed by atoms with E-state index in [-0.39, 0.29) is 36.6 Å². The van der Waals surface area contributed by atoms with Crippen molar-refractivity contribution in [3.05, 3.63) is 70.8 Å². The first-order chi connectivity index (χ1) is 16.3. The van der Waals surface area contributed by atoms with E-state index in [4.69, 9.17) is 0 Å². The Kier molecular flexibility index (Phi) is 5.23. The van der Waals surface area contributed by atoms with Gasteiger partial charge in [0.05, 0.1) is 28.6 Å². The van der Waals surface area contributed by atoms with Crippen LogP contribution in [0.3, 0.4) is 0 Å². The molecule has 174 valence electrons. The second-order valence-corrected chi connectivity index (χ2v) is 9.00. The molecule has 0 saturated carbocycles. The summed E-state index contributed by atoms with van der Waals surface area (Å²) in [5.41, 5.74) is 4.01. The maximum absolute atomic E-state index is 13.6. The fourth-order valence-electron chi connectivity index (χ4n) is 5.03. The fourth-order valence-corrected chi connectivity index (χ4v) is 5.03. The zero-order chi connectivity index (χ0) is 24.1. The monoisotopic (exact) mass is 458 g/mol. The van der Waals surface area contributed by atoms with E-state index in [0.717, 1.165) is 5.56 Å². The summed E-state index contributed by atoms with van der Waals surface area (Å²) in [5, 5.41) is 2.34. The highest BCUT2D eigenvalue weighted by atomic mass is 16.2. The third-order valence-electron chi connectivity index (χ3n) is 7.02. The van der Waals surface area contributed by atoms with Gasteiger partial charge in [0.15, 0.2) is 0 Å². The highest BCUT2D eigenvalue weighted by molar-refractivity contribution is 6.17. The zero-order valence-corrected chi connectivity index (χ0v) is 19.4. The molecule has 1 saturated heterocycles. The second kappa shape index (κ2) is 8.13. The predicted octanol–water partition coefficient (Wildman–Crippen LogP) is 2.57. The molecule has 8 nitrogen and oxygen atoms in total. The van der Waals surface area contributed by atoms with Gasteiger partial charge in [0.1, 0.15) is 6.04 Å². The van der Waals surface area contributed by atoms with Crippen LogP contribution in [0.15, 0.2) is 48.5 Å². The number of likely N-dealkylation sites (N-methyl/N-ethyl adjacent to an activating group) is 1. The first-order valence-corrected chi connectivity index (χ1v) is 11.4. The molecule has 4 amide bonds. The number of rotatable bonds is 4. The zero-order valence-electron chi connectivity index (χ0n) is 19.4. The van der Waals surface area contributed by atoms with Gasteiger partial charge in [0, 0.05) is 32.6 Å². The first kappa shape index (κ1) is 21.9. The molecule has 0 bridgehead atoms. The average molecular weight is 459 g/mol. The van der Waals surface area contributed by atoms with Gasteiger partial charge < -0.3 is 9.80 Å². The molecule has 0 aromatic heterocycles. The maximum Gasteiger partial charge on any atom is 0.259 e. The van der Waals surface area contributed by atoms with Gasteiger partial charge in [-0.25, -0.2) is 0 Å². The second-order valence-electron chi connectivity index (χ2n) is 9.00. The Balaban J connectivity index is 1.54. The summed E-state index contributed by atoms with van der Waals surface area (Å²) >= 11 is 0. The predicted molar refractivity (Wildman–Crippen MR) is 127 cm³/mol. The molecule has 0 aliphatic carbocycles. The Hall–Kier alpha value is -3.94. The highest BCUT2D eigenvalue weighted by Crippen LogP contribution is 2.45. The van der Waals surface area contributed by atoms with Gasteiger partial charge in [-0.2, -0.15) is 0 Å². The summed E-state index contributed by atoms with van der Waals surface area (Å²) in [5.74, 6) is -1.22. The lowest BCUT2D eigenvalue weighted by Crippen LogP contribution is -2.52. The number of hydrogen-bond donors (Lipinski definition) is 1. The Morgan fingerprint density at radius 2 is 1.85 bits per heavy atom. The summed E-state index contributed by atoms with van der Waals surface area (Å²) in [6, 6.07) is 12.3. The molecule has 3 aliphatic heterocycles. The van der Waals surface area contributed by atoms with Crippen molar-refractivity contribution in [1.29, 1.82) is 0 Å². The maximum atomic E-state index is 13.6. The van der Waals surface area contributed by atoms with Gasteiger partial charge in [-0.1, -0.05) is 30.3 Å². The average Bonchev–Trinajstić information content (AvgIpc) is 3.12. The molecule has 5 rings (SSSR count). The van der Waals surface area contributed by atoms with Gasteiger partial charge in [-0.3, -0.25) is 29.4 Å². The van der Waals surface area contributed by atoms with Crippen LogP contribution in [0.1, 0.15) is 57.7 Å². The van der Waals surface area contributed by atoms with Crippen LogP contribution in [0.5, 0.6) is 0 Å². The molecule has 3 heterocycles. The third kappa shape index (κ3) is 3.29. The Morgan fingerprint density at radius 3 is 2.56 bits per heavy atom. The van der Waals surface area contributed by atoms with E-state index in [2.05, 4.69) is 5.32 Å². The normalized spacial score (nSPS) is 20.0. The molecule has 3 aliphatic rings. The number of carbonyl (C=O) groups excluding carboxylic acids is 4. The molecular weight excluding hydrogens is 432 g/mol. The van der Waals surface area contributed by atoms with Crippen LogP contribution >= 0.6 is 0 Å². The standard InChI is InChI=1S/C26H26N4O4/c1-15(16-7-5-4-6-8-16)29(3)25(33)18-10-9-17-22-19(13-14-28(2)23(18)22)30(26(17)34)20-11-12-21(31)27-24(20)32/h4-10,13,15,20H,11-12,14H2,1-3H3,(H,27,31,32). The fraction of sp³-hybridized carbons (Fsp3) is 0.308. The van der Waals surface area contributed by atoms with Crippen molar-refractivity contribution in [2.45, 2.75) is 31.8 Å². The summed E-state index contributed by atoms with van der Waals surface area (Å²) in [6.07, 6.45) is 2.36. The molecule has 2 aromatic carbocycles. The van der Waals surface area contributed by atoms with Crippen LogP contribution in [0.2, 0.25) is 0 Å². The van der Waals surface area contributed by atoms with E-state index in [1.807, 2.05) is 55.3 Å². The molecule has 2 atom stereocenters. The molecule has 2 aromatic rings. The summed E-state index contributed by atoms with van der Waals surface area (Å²) in [7, 11) is 3.67. The van der Waals surface area contributed by atoms with Gasteiger partial charge in [0.25, 0.3) is 11.8 Å². The number of hydrogen-bond acceptors (Lipinski definition) is 5. The number of nitrogens with one attached hydrogen (secondary N) is 1. The van der Waals surface area contributed by atoms with Crippen LogP contribution in [-0.2, 0) is 9.59 Å². The van der Waals surface area contributed by atoms with Crippen molar-refractivity contribution in [3.63, 3.8) is 0 Å². The lowest BCUT2D eigenvalue weighted by molar-refractivity contribution is -0.136. The number of nitrogens with zero attached hydrogens (tertiary/aromatic N) is 3. The number of piperidine rings is 1. The highest BCUT2D eigenvalue weighted by Gasteiger charge is 2.45. The Bertz CT molecular complexity index is 1250. The SMILES string of the molecule is CC(c1ccccc1)N(C)C(=O)c1ccc2c3c1N(C)CC=C3N(C1CCC(=O)NC1=O)C2=O. The van der Waals surface area contributed by atoms with Crippen LogP contribution in [0.4, 0.5) is 5.69 Å². The summed E-state index contributed by atoms with van der Waals surface area (Å²) in [4.78, 5) is 56.4. The molecule has 8 heteroatoms. The minimum Gasteiger partial charge on any atom is -0.370 e. The molecule has 1 fully saturated rings. The summed E-state index contributed by atoms with van der Waals surface area (Å²) < 4.78 is 0. The smallest absolute Gasteiger partial charge is 0.259 e.